The second-order valence-electron chi connectivity index (χ2n) is 8.72. The van der Waals surface area contributed by atoms with Gasteiger partial charge in [-0.25, -0.2) is 0 Å². The van der Waals surface area contributed by atoms with Gasteiger partial charge in [0.25, 0.3) is 0 Å². The number of benzene rings is 3. The average molecular weight is 521 g/mol. The van der Waals surface area contributed by atoms with Gasteiger partial charge < -0.3 is 10.2 Å². The summed E-state index contributed by atoms with van der Waals surface area (Å²) in [5.41, 5.74) is 3.14. The highest BCUT2D eigenvalue weighted by molar-refractivity contribution is 9.10. The third-order valence-corrected chi connectivity index (χ3v) is 6.69. The minimum absolute atomic E-state index is 0.0514. The molecule has 0 aliphatic heterocycles. The maximum absolute atomic E-state index is 13.8. The van der Waals surface area contributed by atoms with Crippen LogP contribution in [0.25, 0.3) is 0 Å². The quantitative estimate of drug-likeness (QED) is 0.340. The van der Waals surface area contributed by atoms with Gasteiger partial charge in [0.2, 0.25) is 11.8 Å². The van der Waals surface area contributed by atoms with E-state index in [9.17, 15) is 9.59 Å². The number of rotatable bonds is 10. The van der Waals surface area contributed by atoms with Crippen molar-refractivity contribution in [3.8, 4) is 0 Å². The van der Waals surface area contributed by atoms with E-state index in [0.29, 0.717) is 6.54 Å². The fourth-order valence-corrected chi connectivity index (χ4v) is 4.42. The van der Waals surface area contributed by atoms with Gasteiger partial charge in [0.1, 0.15) is 6.04 Å². The molecule has 34 heavy (non-hydrogen) atoms. The number of hydrogen-bond donors (Lipinski definition) is 1. The standard InChI is InChI=1S/C29H33BrN2O2/c1-4-21(2)31-29(34)22(3)32(20-23-12-11-17-26(30)18-23)28(33)19-27(24-13-7-5-8-14-24)25-15-9-6-10-16-25/h5-18,21-22,27H,4,19-20H2,1-3H3,(H,31,34). The van der Waals surface area contributed by atoms with Gasteiger partial charge >= 0.3 is 0 Å². The van der Waals surface area contributed by atoms with Crippen molar-refractivity contribution in [3.05, 3.63) is 106 Å². The first-order valence-electron chi connectivity index (χ1n) is 11.8. The molecule has 0 aromatic heterocycles. The van der Waals surface area contributed by atoms with Gasteiger partial charge in [-0.15, -0.1) is 0 Å². The summed E-state index contributed by atoms with van der Waals surface area (Å²) in [7, 11) is 0. The fraction of sp³-hybridized carbons (Fsp3) is 0.310. The van der Waals surface area contributed by atoms with Gasteiger partial charge in [-0.3, -0.25) is 9.59 Å². The zero-order valence-corrected chi connectivity index (χ0v) is 21.7. The molecule has 0 spiro atoms. The molecular weight excluding hydrogens is 488 g/mol. The summed E-state index contributed by atoms with van der Waals surface area (Å²) in [5, 5.41) is 3.04. The largest absolute Gasteiger partial charge is 0.352 e. The maximum Gasteiger partial charge on any atom is 0.242 e. The van der Waals surface area contributed by atoms with E-state index in [-0.39, 0.29) is 30.2 Å². The smallest absolute Gasteiger partial charge is 0.242 e. The number of halogens is 1. The normalized spacial score (nSPS) is 12.7. The van der Waals surface area contributed by atoms with Crippen molar-refractivity contribution >= 4 is 27.7 Å². The third kappa shape index (κ3) is 7.04. The number of nitrogens with zero attached hydrogens (tertiary/aromatic N) is 1. The molecule has 2 amide bonds. The van der Waals surface area contributed by atoms with Crippen molar-refractivity contribution in [3.63, 3.8) is 0 Å². The van der Waals surface area contributed by atoms with Gasteiger partial charge in [0.15, 0.2) is 0 Å². The van der Waals surface area contributed by atoms with Crippen molar-refractivity contribution in [2.45, 2.75) is 58.2 Å². The predicted molar refractivity (Wildman–Crippen MR) is 141 cm³/mol. The Balaban J connectivity index is 1.91. The van der Waals surface area contributed by atoms with Crippen molar-refractivity contribution in [1.82, 2.24) is 10.2 Å². The Bertz CT molecular complexity index is 1030. The van der Waals surface area contributed by atoms with E-state index in [2.05, 4.69) is 45.5 Å². The first kappa shape index (κ1) is 25.7. The zero-order valence-electron chi connectivity index (χ0n) is 20.1. The number of nitrogens with one attached hydrogen (secondary N) is 1. The Labute approximate surface area is 211 Å². The molecule has 0 radical (unpaired) electrons. The molecule has 178 valence electrons. The fourth-order valence-electron chi connectivity index (χ4n) is 3.97. The highest BCUT2D eigenvalue weighted by Gasteiger charge is 2.29. The van der Waals surface area contributed by atoms with Gasteiger partial charge in [-0.1, -0.05) is 95.7 Å². The van der Waals surface area contributed by atoms with E-state index in [0.717, 1.165) is 27.6 Å². The minimum atomic E-state index is -0.590. The molecule has 0 bridgehead atoms. The Morgan fingerprint density at radius 2 is 1.47 bits per heavy atom. The van der Waals surface area contributed by atoms with E-state index >= 15 is 0 Å². The summed E-state index contributed by atoms with van der Waals surface area (Å²) in [6, 6.07) is 27.5. The lowest BCUT2D eigenvalue weighted by Gasteiger charge is -2.31. The summed E-state index contributed by atoms with van der Waals surface area (Å²) in [5.74, 6) is -0.275. The molecule has 0 aliphatic rings. The predicted octanol–water partition coefficient (Wildman–Crippen LogP) is 6.30. The van der Waals surface area contributed by atoms with Crippen LogP contribution in [0.3, 0.4) is 0 Å². The van der Waals surface area contributed by atoms with Crippen LogP contribution in [0.2, 0.25) is 0 Å². The first-order chi connectivity index (χ1) is 16.4. The van der Waals surface area contributed by atoms with Crippen LogP contribution in [0.4, 0.5) is 0 Å². The van der Waals surface area contributed by atoms with Crippen LogP contribution in [0.15, 0.2) is 89.4 Å². The highest BCUT2D eigenvalue weighted by atomic mass is 79.9. The average Bonchev–Trinajstić information content (AvgIpc) is 2.86. The molecule has 3 aromatic rings. The molecule has 2 unspecified atom stereocenters. The van der Waals surface area contributed by atoms with E-state index in [1.807, 2.05) is 81.4 Å². The van der Waals surface area contributed by atoms with Crippen LogP contribution >= 0.6 is 15.9 Å². The number of hydrogen-bond acceptors (Lipinski definition) is 2. The van der Waals surface area contributed by atoms with Crippen LogP contribution in [-0.2, 0) is 16.1 Å². The van der Waals surface area contributed by atoms with Gasteiger partial charge in [0.05, 0.1) is 0 Å². The molecule has 4 nitrogen and oxygen atoms in total. The highest BCUT2D eigenvalue weighted by Crippen LogP contribution is 2.29. The molecule has 0 aliphatic carbocycles. The van der Waals surface area contributed by atoms with Crippen LogP contribution in [0.5, 0.6) is 0 Å². The lowest BCUT2D eigenvalue weighted by molar-refractivity contribution is -0.141. The lowest BCUT2D eigenvalue weighted by Crippen LogP contribution is -2.49. The number of amides is 2. The molecule has 0 saturated carbocycles. The summed E-state index contributed by atoms with van der Waals surface area (Å²) in [6.07, 6.45) is 1.12. The molecule has 0 saturated heterocycles. The summed E-state index contributed by atoms with van der Waals surface area (Å²) >= 11 is 3.52. The molecule has 2 atom stereocenters. The van der Waals surface area contributed by atoms with Crippen molar-refractivity contribution in [2.24, 2.45) is 0 Å². The van der Waals surface area contributed by atoms with Crippen LogP contribution < -0.4 is 5.32 Å². The van der Waals surface area contributed by atoms with Gasteiger partial charge in [-0.2, -0.15) is 0 Å². The Hall–Kier alpha value is -2.92. The lowest BCUT2D eigenvalue weighted by atomic mass is 9.88. The monoisotopic (exact) mass is 520 g/mol. The molecule has 0 fully saturated rings. The molecule has 1 N–H and O–H groups in total. The SMILES string of the molecule is CCC(C)NC(=O)C(C)N(Cc1cccc(Br)c1)C(=O)CC(c1ccccc1)c1ccccc1. The Morgan fingerprint density at radius 1 is 0.882 bits per heavy atom. The van der Waals surface area contributed by atoms with Crippen LogP contribution in [-0.4, -0.2) is 28.8 Å². The second-order valence-corrected chi connectivity index (χ2v) is 9.64. The second kappa shape index (κ2) is 12.5. The maximum atomic E-state index is 13.8. The van der Waals surface area contributed by atoms with E-state index in [4.69, 9.17) is 0 Å². The van der Waals surface area contributed by atoms with Crippen molar-refractivity contribution in [1.29, 1.82) is 0 Å². The van der Waals surface area contributed by atoms with Gasteiger partial charge in [0, 0.05) is 29.4 Å². The molecule has 5 heteroatoms. The van der Waals surface area contributed by atoms with E-state index in [1.165, 1.54) is 0 Å². The van der Waals surface area contributed by atoms with Crippen LogP contribution in [0.1, 0.15) is 56.2 Å². The Kier molecular flexibility index (Phi) is 9.46. The number of carbonyl (C=O) groups excluding carboxylic acids is 2. The minimum Gasteiger partial charge on any atom is -0.352 e. The summed E-state index contributed by atoms with van der Waals surface area (Å²) in [6.45, 7) is 6.19. The zero-order chi connectivity index (χ0) is 24.5. The van der Waals surface area contributed by atoms with Crippen LogP contribution in [0, 0.1) is 0 Å². The van der Waals surface area contributed by atoms with Crippen molar-refractivity contribution in [2.75, 3.05) is 0 Å². The van der Waals surface area contributed by atoms with E-state index < -0.39 is 6.04 Å². The third-order valence-electron chi connectivity index (χ3n) is 6.19. The van der Waals surface area contributed by atoms with Gasteiger partial charge in [-0.05, 0) is 49.1 Å². The van der Waals surface area contributed by atoms with E-state index in [1.54, 1.807) is 4.90 Å². The van der Waals surface area contributed by atoms with Crippen molar-refractivity contribution < 1.29 is 9.59 Å². The topological polar surface area (TPSA) is 49.4 Å². The number of carbonyl (C=O) groups is 2. The molecule has 0 heterocycles. The molecular formula is C29H33BrN2O2. The summed E-state index contributed by atoms with van der Waals surface area (Å²) in [4.78, 5) is 28.6. The molecule has 3 aromatic carbocycles. The summed E-state index contributed by atoms with van der Waals surface area (Å²) < 4.78 is 0.945. The Morgan fingerprint density at radius 3 is 2.00 bits per heavy atom. The molecule has 3 rings (SSSR count). The first-order valence-corrected chi connectivity index (χ1v) is 12.6.